The maximum absolute atomic E-state index is 11.0. The number of benzene rings is 2. The molecule has 32 heavy (non-hydrogen) atoms. The molecule has 0 saturated carbocycles. The molecule has 176 valence electrons. The second kappa shape index (κ2) is 16.4. The van der Waals surface area contributed by atoms with Gasteiger partial charge in [0.05, 0.1) is 13.2 Å². The van der Waals surface area contributed by atoms with Gasteiger partial charge in [-0.1, -0.05) is 58.0 Å². The van der Waals surface area contributed by atoms with Gasteiger partial charge in [0.2, 0.25) is 0 Å². The number of unbranched alkanes of at least 4 members (excludes halogenated alkanes) is 2. The Morgan fingerprint density at radius 1 is 0.938 bits per heavy atom. The molecule has 0 spiro atoms. The molecule has 2 aromatic carbocycles. The maximum Gasteiger partial charge on any atom is 0.159 e. The largest absolute Gasteiger partial charge is 0.494 e. The Labute approximate surface area is 200 Å². The first kappa shape index (κ1) is 27.8. The summed E-state index contributed by atoms with van der Waals surface area (Å²) in [6.45, 7) is 13.6. The molecule has 0 N–H and O–H groups in total. The van der Waals surface area contributed by atoms with Gasteiger partial charge in [-0.2, -0.15) is 12.6 Å². The standard InChI is InChI=1S/C16H24OS.C12H16O2/c1-4-13(2)15-7-9-16(10-8-15)14(3)17-11-5-6-12-18;1-3-4-9-14-12-7-5-11(6-8-12)10(2)13/h7-10,13,18H,3-6,11-12H2,1-2H3;5-8H,3-4,9H2,1-2H3. The summed E-state index contributed by atoms with van der Waals surface area (Å²) >= 11 is 4.18. The van der Waals surface area contributed by atoms with Crippen molar-refractivity contribution in [2.75, 3.05) is 19.0 Å². The molecule has 0 amide bonds. The van der Waals surface area contributed by atoms with Crippen molar-refractivity contribution < 1.29 is 14.3 Å². The minimum Gasteiger partial charge on any atom is -0.494 e. The molecule has 0 aliphatic carbocycles. The van der Waals surface area contributed by atoms with Crippen LogP contribution in [0.15, 0.2) is 55.1 Å². The monoisotopic (exact) mass is 456 g/mol. The fourth-order valence-electron chi connectivity index (χ4n) is 2.85. The van der Waals surface area contributed by atoms with Crippen molar-refractivity contribution in [3.05, 3.63) is 71.8 Å². The Balaban J connectivity index is 0.000000330. The van der Waals surface area contributed by atoms with Crippen molar-refractivity contribution in [2.24, 2.45) is 0 Å². The molecule has 0 aliphatic rings. The van der Waals surface area contributed by atoms with Gasteiger partial charge in [0.25, 0.3) is 0 Å². The summed E-state index contributed by atoms with van der Waals surface area (Å²) in [6, 6.07) is 15.8. The zero-order valence-corrected chi connectivity index (χ0v) is 21.1. The van der Waals surface area contributed by atoms with Crippen LogP contribution < -0.4 is 4.74 Å². The van der Waals surface area contributed by atoms with Crippen LogP contribution in [0, 0.1) is 0 Å². The van der Waals surface area contributed by atoms with E-state index in [0.717, 1.165) is 67.3 Å². The Morgan fingerprint density at radius 2 is 1.56 bits per heavy atom. The lowest BCUT2D eigenvalue weighted by atomic mass is 9.97. The molecule has 0 aliphatic heterocycles. The van der Waals surface area contributed by atoms with Crippen LogP contribution in [0.2, 0.25) is 0 Å². The van der Waals surface area contributed by atoms with E-state index in [1.807, 2.05) is 12.1 Å². The fourth-order valence-corrected chi connectivity index (χ4v) is 3.07. The molecule has 3 nitrogen and oxygen atoms in total. The molecule has 0 saturated heterocycles. The Bertz CT molecular complexity index is 781. The minimum atomic E-state index is 0.0881. The predicted octanol–water partition coefficient (Wildman–Crippen LogP) is 7.97. The van der Waals surface area contributed by atoms with Gasteiger partial charge in [-0.25, -0.2) is 0 Å². The topological polar surface area (TPSA) is 35.5 Å². The summed E-state index contributed by atoms with van der Waals surface area (Å²) in [5.41, 5.74) is 3.19. The number of hydrogen-bond donors (Lipinski definition) is 1. The van der Waals surface area contributed by atoms with E-state index in [1.54, 1.807) is 19.1 Å². The van der Waals surface area contributed by atoms with Crippen LogP contribution in [-0.2, 0) is 4.74 Å². The second-order valence-corrected chi connectivity index (χ2v) is 8.36. The third-order valence-electron chi connectivity index (χ3n) is 5.27. The number of hydrogen-bond acceptors (Lipinski definition) is 4. The quantitative estimate of drug-likeness (QED) is 0.144. The van der Waals surface area contributed by atoms with Crippen molar-refractivity contribution in [1.29, 1.82) is 0 Å². The summed E-state index contributed by atoms with van der Waals surface area (Å²) in [5, 5.41) is 0. The number of thiol groups is 1. The van der Waals surface area contributed by atoms with Gasteiger partial charge in [-0.05, 0) is 74.1 Å². The van der Waals surface area contributed by atoms with E-state index in [4.69, 9.17) is 9.47 Å². The molecule has 0 radical (unpaired) electrons. The van der Waals surface area contributed by atoms with E-state index in [2.05, 4.69) is 64.2 Å². The van der Waals surface area contributed by atoms with Crippen molar-refractivity contribution in [2.45, 2.75) is 65.7 Å². The number of carbonyl (C=O) groups excluding carboxylic acids is 1. The number of rotatable bonds is 13. The van der Waals surface area contributed by atoms with Crippen LogP contribution in [-0.4, -0.2) is 24.7 Å². The highest BCUT2D eigenvalue weighted by Gasteiger charge is 2.04. The van der Waals surface area contributed by atoms with Crippen LogP contribution in [0.1, 0.15) is 87.2 Å². The highest BCUT2D eigenvalue weighted by molar-refractivity contribution is 7.80. The number of ketones is 1. The first-order chi connectivity index (χ1) is 15.4. The summed E-state index contributed by atoms with van der Waals surface area (Å²) in [5.74, 6) is 3.22. The molecule has 1 atom stereocenters. The van der Waals surface area contributed by atoms with Crippen molar-refractivity contribution in [1.82, 2.24) is 0 Å². The van der Waals surface area contributed by atoms with Crippen molar-refractivity contribution in [3.8, 4) is 5.75 Å². The summed E-state index contributed by atoms with van der Waals surface area (Å²) in [7, 11) is 0. The van der Waals surface area contributed by atoms with E-state index in [1.165, 1.54) is 12.0 Å². The average molecular weight is 457 g/mol. The average Bonchev–Trinajstić information content (AvgIpc) is 2.82. The van der Waals surface area contributed by atoms with E-state index in [0.29, 0.717) is 5.92 Å². The van der Waals surface area contributed by atoms with Gasteiger partial charge < -0.3 is 9.47 Å². The molecular formula is C28H40O3S. The molecule has 2 rings (SSSR count). The fraction of sp³-hybridized carbons (Fsp3) is 0.464. The van der Waals surface area contributed by atoms with Crippen molar-refractivity contribution >= 4 is 24.2 Å². The Morgan fingerprint density at radius 3 is 2.09 bits per heavy atom. The lowest BCUT2D eigenvalue weighted by molar-refractivity contribution is 0.101. The molecule has 4 heteroatoms. The molecule has 0 bridgehead atoms. The zero-order valence-electron chi connectivity index (χ0n) is 20.2. The molecule has 2 aromatic rings. The van der Waals surface area contributed by atoms with E-state index in [-0.39, 0.29) is 5.78 Å². The van der Waals surface area contributed by atoms with Gasteiger partial charge in [0.15, 0.2) is 5.78 Å². The highest BCUT2D eigenvalue weighted by atomic mass is 32.1. The molecule has 0 fully saturated rings. The third-order valence-corrected chi connectivity index (χ3v) is 5.59. The van der Waals surface area contributed by atoms with E-state index in [9.17, 15) is 4.79 Å². The van der Waals surface area contributed by atoms with Crippen molar-refractivity contribution in [3.63, 3.8) is 0 Å². The Hall–Kier alpha value is -2.20. The predicted molar refractivity (Wildman–Crippen MR) is 140 cm³/mol. The molecule has 1 unspecified atom stereocenters. The third kappa shape index (κ3) is 10.9. The van der Waals surface area contributed by atoms with Crippen LogP contribution in [0.3, 0.4) is 0 Å². The smallest absolute Gasteiger partial charge is 0.159 e. The number of Topliss-reactive ketones (excluding diaryl/α,β-unsaturated/α-hetero) is 1. The van der Waals surface area contributed by atoms with Gasteiger partial charge in [0.1, 0.15) is 11.5 Å². The van der Waals surface area contributed by atoms with Gasteiger partial charge in [-0.3, -0.25) is 4.79 Å². The van der Waals surface area contributed by atoms with E-state index >= 15 is 0 Å². The van der Waals surface area contributed by atoms with Gasteiger partial charge in [-0.15, -0.1) is 0 Å². The molecule has 0 aromatic heterocycles. The highest BCUT2D eigenvalue weighted by Crippen LogP contribution is 2.21. The SMILES string of the molecule is C=C(OCCCCS)c1ccc(C(C)CC)cc1.CCCCOc1ccc(C(C)=O)cc1. The Kier molecular flexibility index (Phi) is 14.3. The zero-order chi connectivity index (χ0) is 23.8. The van der Waals surface area contributed by atoms with Crippen LogP contribution >= 0.6 is 12.6 Å². The summed E-state index contributed by atoms with van der Waals surface area (Å²) in [6.07, 6.45) is 5.48. The minimum absolute atomic E-state index is 0.0881. The summed E-state index contributed by atoms with van der Waals surface area (Å²) < 4.78 is 11.1. The molecule has 0 heterocycles. The van der Waals surface area contributed by atoms with Crippen LogP contribution in [0.5, 0.6) is 5.75 Å². The lowest BCUT2D eigenvalue weighted by Gasteiger charge is -2.12. The normalized spacial score (nSPS) is 11.2. The first-order valence-corrected chi connectivity index (χ1v) is 12.3. The molecular weight excluding hydrogens is 416 g/mol. The number of ether oxygens (including phenoxy) is 2. The van der Waals surface area contributed by atoms with Gasteiger partial charge >= 0.3 is 0 Å². The summed E-state index contributed by atoms with van der Waals surface area (Å²) in [4.78, 5) is 11.0. The van der Waals surface area contributed by atoms with Crippen LogP contribution in [0.25, 0.3) is 5.76 Å². The number of carbonyl (C=O) groups is 1. The first-order valence-electron chi connectivity index (χ1n) is 11.7. The van der Waals surface area contributed by atoms with Gasteiger partial charge in [0, 0.05) is 11.1 Å². The maximum atomic E-state index is 11.0. The second-order valence-electron chi connectivity index (χ2n) is 7.92. The van der Waals surface area contributed by atoms with Crippen LogP contribution in [0.4, 0.5) is 0 Å². The lowest BCUT2D eigenvalue weighted by Crippen LogP contribution is -1.97. The van der Waals surface area contributed by atoms with E-state index < -0.39 is 0 Å².